The SMILES string of the molecule is O=C(c1cn2ccc(C(F)(F)F)cc2n1)N1CCC(CNS(=O)(=O)c2cccnc2Cl)CC1. The summed E-state index contributed by atoms with van der Waals surface area (Å²) in [5.41, 5.74) is -0.748. The zero-order valence-corrected chi connectivity index (χ0v) is 18.7. The predicted molar refractivity (Wildman–Crippen MR) is 113 cm³/mol. The lowest BCUT2D eigenvalue weighted by Crippen LogP contribution is -2.41. The summed E-state index contributed by atoms with van der Waals surface area (Å²) in [5, 5.41) is -0.111. The normalized spacial score (nSPS) is 15.8. The number of carbonyl (C=O) groups excluding carboxylic acids is 1. The van der Waals surface area contributed by atoms with Crippen LogP contribution in [0.1, 0.15) is 28.9 Å². The van der Waals surface area contributed by atoms with Gasteiger partial charge in [0.25, 0.3) is 5.91 Å². The molecule has 1 N–H and O–H groups in total. The second-order valence-corrected chi connectivity index (χ2v) is 9.78. The van der Waals surface area contributed by atoms with Crippen LogP contribution in [0.4, 0.5) is 13.2 Å². The van der Waals surface area contributed by atoms with Gasteiger partial charge in [-0.15, -0.1) is 0 Å². The number of carbonyl (C=O) groups is 1. The van der Waals surface area contributed by atoms with Gasteiger partial charge in [-0.1, -0.05) is 11.6 Å². The number of hydrogen-bond donors (Lipinski definition) is 1. The highest BCUT2D eigenvalue weighted by Crippen LogP contribution is 2.30. The first-order chi connectivity index (χ1) is 15.5. The van der Waals surface area contributed by atoms with Gasteiger partial charge in [0, 0.05) is 38.2 Å². The average molecular weight is 502 g/mol. The van der Waals surface area contributed by atoms with Gasteiger partial charge >= 0.3 is 6.18 Å². The van der Waals surface area contributed by atoms with E-state index in [1.807, 2.05) is 0 Å². The second kappa shape index (κ2) is 8.92. The number of pyridine rings is 2. The molecule has 0 bridgehead atoms. The summed E-state index contributed by atoms with van der Waals surface area (Å²) in [7, 11) is -3.81. The highest BCUT2D eigenvalue weighted by molar-refractivity contribution is 7.89. The molecule has 1 aliphatic heterocycles. The van der Waals surface area contributed by atoms with Crippen LogP contribution in [0.5, 0.6) is 0 Å². The van der Waals surface area contributed by atoms with Crippen LogP contribution < -0.4 is 4.72 Å². The van der Waals surface area contributed by atoms with Crippen molar-refractivity contribution in [3.8, 4) is 0 Å². The lowest BCUT2D eigenvalue weighted by Gasteiger charge is -2.31. The molecule has 0 saturated carbocycles. The molecule has 8 nitrogen and oxygen atoms in total. The standard InChI is InChI=1S/C20H19ClF3N5O3S/c21-18-16(2-1-6-25-18)33(31,32)26-11-13-3-7-28(8-4-13)19(30)15-12-29-9-5-14(20(22,23)24)10-17(29)27-15/h1-2,5-6,9-10,12-13,26H,3-4,7-8,11H2. The molecule has 1 saturated heterocycles. The zero-order valence-electron chi connectivity index (χ0n) is 17.1. The van der Waals surface area contributed by atoms with Gasteiger partial charge in [0.1, 0.15) is 21.4 Å². The number of aromatic nitrogens is 3. The number of nitrogens with one attached hydrogen (secondary N) is 1. The van der Waals surface area contributed by atoms with E-state index in [4.69, 9.17) is 11.6 Å². The van der Waals surface area contributed by atoms with Crippen LogP contribution in [0.25, 0.3) is 5.65 Å². The van der Waals surface area contributed by atoms with E-state index in [0.29, 0.717) is 25.9 Å². The molecule has 0 aromatic carbocycles. The average Bonchev–Trinajstić information content (AvgIpc) is 3.21. The maximum atomic E-state index is 12.9. The Kier molecular flexibility index (Phi) is 6.34. The summed E-state index contributed by atoms with van der Waals surface area (Å²) >= 11 is 5.86. The molecule has 0 aliphatic carbocycles. The molecule has 0 spiro atoms. The van der Waals surface area contributed by atoms with Crippen molar-refractivity contribution in [2.24, 2.45) is 5.92 Å². The minimum absolute atomic E-state index is 0.00897. The summed E-state index contributed by atoms with van der Waals surface area (Å²) in [6.07, 6.45) is 0.627. The Morgan fingerprint density at radius 1 is 1.24 bits per heavy atom. The first-order valence-electron chi connectivity index (χ1n) is 10.00. The third-order valence-electron chi connectivity index (χ3n) is 5.48. The van der Waals surface area contributed by atoms with Crippen molar-refractivity contribution in [2.45, 2.75) is 23.9 Å². The van der Waals surface area contributed by atoms with E-state index in [1.54, 1.807) is 4.90 Å². The van der Waals surface area contributed by atoms with Crippen LogP contribution in [0.2, 0.25) is 5.15 Å². The molecule has 4 rings (SSSR count). The molecule has 0 atom stereocenters. The molecule has 1 amide bonds. The first kappa shape index (κ1) is 23.5. The van der Waals surface area contributed by atoms with E-state index in [0.717, 1.165) is 12.1 Å². The number of piperidine rings is 1. The zero-order chi connectivity index (χ0) is 23.8. The Bertz CT molecular complexity index is 1290. The van der Waals surface area contributed by atoms with E-state index >= 15 is 0 Å². The van der Waals surface area contributed by atoms with Crippen molar-refractivity contribution in [2.75, 3.05) is 19.6 Å². The van der Waals surface area contributed by atoms with E-state index < -0.39 is 21.8 Å². The molecule has 3 aromatic heterocycles. The second-order valence-electron chi connectivity index (χ2n) is 7.68. The fraction of sp³-hybridized carbons (Fsp3) is 0.350. The molecule has 0 radical (unpaired) electrons. The van der Waals surface area contributed by atoms with Crippen molar-refractivity contribution in [3.63, 3.8) is 0 Å². The maximum absolute atomic E-state index is 12.9. The molecule has 1 aliphatic rings. The van der Waals surface area contributed by atoms with Gasteiger partial charge in [-0.2, -0.15) is 13.2 Å². The Balaban J connectivity index is 1.36. The number of hydrogen-bond acceptors (Lipinski definition) is 5. The van der Waals surface area contributed by atoms with Crippen molar-refractivity contribution < 1.29 is 26.4 Å². The smallest absolute Gasteiger partial charge is 0.337 e. The number of rotatable bonds is 5. The molecular weight excluding hydrogens is 483 g/mol. The molecule has 33 heavy (non-hydrogen) atoms. The lowest BCUT2D eigenvalue weighted by molar-refractivity contribution is -0.137. The Morgan fingerprint density at radius 2 is 1.97 bits per heavy atom. The lowest BCUT2D eigenvalue weighted by atomic mass is 9.97. The number of amides is 1. The minimum atomic E-state index is -4.50. The van der Waals surface area contributed by atoms with Crippen molar-refractivity contribution in [3.05, 3.63) is 59.3 Å². The first-order valence-corrected chi connectivity index (χ1v) is 11.9. The number of imidazole rings is 1. The van der Waals surface area contributed by atoms with Gasteiger partial charge in [0.05, 0.1) is 5.56 Å². The van der Waals surface area contributed by atoms with Crippen molar-refractivity contribution >= 4 is 33.2 Å². The maximum Gasteiger partial charge on any atom is 0.416 e. The summed E-state index contributed by atoms with van der Waals surface area (Å²) in [5.74, 6) is -0.372. The fourth-order valence-electron chi connectivity index (χ4n) is 3.64. The quantitative estimate of drug-likeness (QED) is 0.541. The monoisotopic (exact) mass is 501 g/mol. The Morgan fingerprint density at radius 3 is 2.64 bits per heavy atom. The fourth-order valence-corrected chi connectivity index (χ4v) is 5.21. The van der Waals surface area contributed by atoms with E-state index in [-0.39, 0.29) is 39.8 Å². The van der Waals surface area contributed by atoms with Gasteiger partial charge in [-0.25, -0.2) is 23.1 Å². The van der Waals surface area contributed by atoms with Crippen LogP contribution in [0.15, 0.2) is 47.8 Å². The van der Waals surface area contributed by atoms with Crippen LogP contribution >= 0.6 is 11.6 Å². The van der Waals surface area contributed by atoms with Gasteiger partial charge in [-0.3, -0.25) is 4.79 Å². The molecule has 1 fully saturated rings. The van der Waals surface area contributed by atoms with Gasteiger partial charge in [0.15, 0.2) is 0 Å². The van der Waals surface area contributed by atoms with Crippen molar-refractivity contribution in [1.29, 1.82) is 0 Å². The highest BCUT2D eigenvalue weighted by atomic mass is 35.5. The number of nitrogens with zero attached hydrogens (tertiary/aromatic N) is 4. The molecule has 176 valence electrons. The largest absolute Gasteiger partial charge is 0.416 e. The third-order valence-corrected chi connectivity index (χ3v) is 7.35. The van der Waals surface area contributed by atoms with Gasteiger partial charge < -0.3 is 9.30 Å². The Hall–Kier alpha value is -2.70. The summed E-state index contributed by atoms with van der Waals surface area (Å²) in [6.45, 7) is 0.936. The molecule has 0 unspecified atom stereocenters. The number of likely N-dealkylation sites (tertiary alicyclic amines) is 1. The highest BCUT2D eigenvalue weighted by Gasteiger charge is 2.31. The predicted octanol–water partition coefficient (Wildman–Crippen LogP) is 3.23. The molecule has 13 heteroatoms. The van der Waals surface area contributed by atoms with Crippen LogP contribution in [0, 0.1) is 5.92 Å². The summed E-state index contributed by atoms with van der Waals surface area (Å²) in [6, 6.07) is 4.66. The van der Waals surface area contributed by atoms with E-state index in [1.165, 1.54) is 35.1 Å². The third kappa shape index (κ3) is 5.12. The van der Waals surface area contributed by atoms with E-state index in [2.05, 4.69) is 14.7 Å². The summed E-state index contributed by atoms with van der Waals surface area (Å²) < 4.78 is 67.5. The van der Waals surface area contributed by atoms with E-state index in [9.17, 15) is 26.4 Å². The number of fused-ring (bicyclic) bond motifs is 1. The summed E-state index contributed by atoms with van der Waals surface area (Å²) in [4.78, 5) is 22.1. The van der Waals surface area contributed by atoms with Crippen LogP contribution in [-0.4, -0.2) is 53.2 Å². The number of sulfonamides is 1. The molecular formula is C20H19ClF3N5O3S. The number of halogens is 4. The van der Waals surface area contributed by atoms with Crippen LogP contribution in [-0.2, 0) is 16.2 Å². The Labute approximate surface area is 192 Å². The molecule has 3 aromatic rings. The van der Waals surface area contributed by atoms with Gasteiger partial charge in [-0.05, 0) is 43.0 Å². The van der Waals surface area contributed by atoms with Crippen LogP contribution in [0.3, 0.4) is 0 Å². The van der Waals surface area contributed by atoms with Crippen molar-refractivity contribution in [1.82, 2.24) is 24.0 Å². The minimum Gasteiger partial charge on any atom is -0.337 e. The number of alkyl halides is 3. The van der Waals surface area contributed by atoms with Gasteiger partial charge in [0.2, 0.25) is 10.0 Å². The topological polar surface area (TPSA) is 96.7 Å². The molecule has 4 heterocycles.